The molecule has 1 aromatic carbocycles. The summed E-state index contributed by atoms with van der Waals surface area (Å²) < 4.78 is 0. The topological polar surface area (TPSA) is 20.3 Å². The molecule has 1 aromatic rings. The number of benzene rings is 1. The van der Waals surface area contributed by atoms with Crippen LogP contribution in [0.5, 0.6) is 0 Å². The minimum Gasteiger partial charge on any atom is -0.333 e. The van der Waals surface area contributed by atoms with Crippen LogP contribution in [0.25, 0.3) is 0 Å². The molecule has 0 aromatic heterocycles. The lowest BCUT2D eigenvalue weighted by atomic mass is 10.1. The number of nitrogens with zero attached hydrogens (tertiary/aromatic N) is 1. The predicted octanol–water partition coefficient (Wildman–Crippen LogP) is 4.04. The van der Waals surface area contributed by atoms with Crippen molar-refractivity contribution in [1.29, 1.82) is 0 Å². The Labute approximate surface area is 105 Å². The minimum absolute atomic E-state index is 0.155. The van der Waals surface area contributed by atoms with E-state index in [1.165, 1.54) is 18.2 Å². The second-order valence-corrected chi connectivity index (χ2v) is 5.33. The highest BCUT2D eigenvalue weighted by atomic mass is 35.5. The van der Waals surface area contributed by atoms with Crippen LogP contribution in [0.4, 0.5) is 4.79 Å². The number of thioether (sulfide) groups is 1. The van der Waals surface area contributed by atoms with E-state index in [1.807, 2.05) is 29.2 Å². The zero-order chi connectivity index (χ0) is 11.4. The molecular weight excluding hydrogens is 242 g/mol. The van der Waals surface area contributed by atoms with Gasteiger partial charge in [0.25, 0.3) is 5.24 Å². The highest BCUT2D eigenvalue weighted by molar-refractivity contribution is 8.13. The summed E-state index contributed by atoms with van der Waals surface area (Å²) in [7, 11) is 0. The Morgan fingerprint density at radius 1 is 1.12 bits per heavy atom. The fraction of sp³-hybridized carbons (Fsp3) is 0.417. The molecule has 0 unspecified atom stereocenters. The van der Waals surface area contributed by atoms with Gasteiger partial charge in [-0.05, 0) is 55.3 Å². The van der Waals surface area contributed by atoms with E-state index < -0.39 is 0 Å². The molecule has 1 aliphatic heterocycles. The van der Waals surface area contributed by atoms with Gasteiger partial charge in [0.15, 0.2) is 0 Å². The van der Waals surface area contributed by atoms with Crippen LogP contribution < -0.4 is 0 Å². The molecule has 0 radical (unpaired) electrons. The quantitative estimate of drug-likeness (QED) is 0.706. The van der Waals surface area contributed by atoms with E-state index >= 15 is 0 Å². The van der Waals surface area contributed by atoms with E-state index in [1.54, 1.807) is 0 Å². The van der Waals surface area contributed by atoms with Crippen molar-refractivity contribution < 1.29 is 4.79 Å². The van der Waals surface area contributed by atoms with Crippen molar-refractivity contribution in [3.8, 4) is 0 Å². The van der Waals surface area contributed by atoms with Crippen molar-refractivity contribution in [3.63, 3.8) is 0 Å². The maximum Gasteiger partial charge on any atom is 0.286 e. The number of amides is 1. The Balaban J connectivity index is 1.93. The van der Waals surface area contributed by atoms with Gasteiger partial charge in [0, 0.05) is 23.0 Å². The first-order chi connectivity index (χ1) is 7.75. The number of carbonyl (C=O) groups excluding carboxylic acids is 1. The van der Waals surface area contributed by atoms with Gasteiger partial charge in [-0.1, -0.05) is 11.6 Å². The lowest BCUT2D eigenvalue weighted by Gasteiger charge is -2.26. The molecule has 0 bridgehead atoms. The minimum atomic E-state index is 0.155. The molecule has 0 N–H and O–H groups in total. The van der Waals surface area contributed by atoms with Gasteiger partial charge in [-0.2, -0.15) is 0 Å². The number of rotatable bonds is 1. The first-order valence-corrected chi connectivity index (χ1v) is 6.67. The van der Waals surface area contributed by atoms with Crippen LogP contribution in [0.3, 0.4) is 0 Å². The lowest BCUT2D eigenvalue weighted by Crippen LogP contribution is -2.32. The van der Waals surface area contributed by atoms with E-state index in [2.05, 4.69) is 0 Å². The van der Waals surface area contributed by atoms with Gasteiger partial charge in [-0.25, -0.2) is 0 Å². The Morgan fingerprint density at radius 3 is 2.38 bits per heavy atom. The molecule has 1 aliphatic rings. The second kappa shape index (κ2) is 5.60. The maximum absolute atomic E-state index is 11.9. The van der Waals surface area contributed by atoms with E-state index in [0.29, 0.717) is 5.02 Å². The van der Waals surface area contributed by atoms with Gasteiger partial charge in [0.2, 0.25) is 0 Å². The summed E-state index contributed by atoms with van der Waals surface area (Å²) >= 11 is 7.08. The average Bonchev–Trinajstić information content (AvgIpc) is 2.33. The molecule has 2 rings (SSSR count). The molecule has 0 saturated carbocycles. The number of hydrogen-bond donors (Lipinski definition) is 0. The molecule has 4 heteroatoms. The first kappa shape index (κ1) is 11.8. The van der Waals surface area contributed by atoms with E-state index in [-0.39, 0.29) is 5.24 Å². The van der Waals surface area contributed by atoms with Gasteiger partial charge in [-0.15, -0.1) is 0 Å². The lowest BCUT2D eigenvalue weighted by molar-refractivity contribution is 0.211. The fourth-order valence-corrected chi connectivity index (χ4v) is 2.66. The van der Waals surface area contributed by atoms with Crippen LogP contribution in [0, 0.1) is 0 Å². The SMILES string of the molecule is O=C(Sc1ccc(Cl)cc1)N1CCCCC1. The third-order valence-electron chi connectivity index (χ3n) is 2.63. The molecule has 86 valence electrons. The maximum atomic E-state index is 11.9. The second-order valence-electron chi connectivity index (χ2n) is 3.87. The normalized spacial score (nSPS) is 16.2. The first-order valence-electron chi connectivity index (χ1n) is 5.48. The number of piperidine rings is 1. The largest absolute Gasteiger partial charge is 0.333 e. The highest BCUT2D eigenvalue weighted by Gasteiger charge is 2.17. The summed E-state index contributed by atoms with van der Waals surface area (Å²) in [6.07, 6.45) is 3.51. The third kappa shape index (κ3) is 3.16. The van der Waals surface area contributed by atoms with Crippen LogP contribution in [0.15, 0.2) is 29.2 Å². The van der Waals surface area contributed by atoms with Crippen molar-refractivity contribution in [2.24, 2.45) is 0 Å². The van der Waals surface area contributed by atoms with Crippen LogP contribution in [-0.4, -0.2) is 23.2 Å². The number of likely N-dealkylation sites (tertiary alicyclic amines) is 1. The molecule has 1 heterocycles. The zero-order valence-corrected chi connectivity index (χ0v) is 10.6. The summed E-state index contributed by atoms with van der Waals surface area (Å²) in [5.74, 6) is 0. The molecule has 16 heavy (non-hydrogen) atoms. The average molecular weight is 256 g/mol. The van der Waals surface area contributed by atoms with E-state index in [9.17, 15) is 4.79 Å². The molecular formula is C12H14ClNOS. The summed E-state index contributed by atoms with van der Waals surface area (Å²) in [6.45, 7) is 1.80. The van der Waals surface area contributed by atoms with Gasteiger partial charge in [0.1, 0.15) is 0 Å². The fourth-order valence-electron chi connectivity index (χ4n) is 1.74. The van der Waals surface area contributed by atoms with Crippen molar-refractivity contribution in [2.45, 2.75) is 24.2 Å². The molecule has 0 atom stereocenters. The smallest absolute Gasteiger partial charge is 0.286 e. The van der Waals surface area contributed by atoms with E-state index in [4.69, 9.17) is 11.6 Å². The van der Waals surface area contributed by atoms with Gasteiger partial charge < -0.3 is 4.90 Å². The van der Waals surface area contributed by atoms with Crippen molar-refractivity contribution >= 4 is 28.6 Å². The van der Waals surface area contributed by atoms with Crippen LogP contribution >= 0.6 is 23.4 Å². The molecule has 1 amide bonds. The predicted molar refractivity (Wildman–Crippen MR) is 68.1 cm³/mol. The van der Waals surface area contributed by atoms with Gasteiger partial charge >= 0.3 is 0 Å². The number of carbonyl (C=O) groups is 1. The summed E-state index contributed by atoms with van der Waals surface area (Å²) in [6, 6.07) is 7.39. The monoisotopic (exact) mass is 255 g/mol. The standard InChI is InChI=1S/C12H14ClNOS/c13-10-4-6-11(7-5-10)16-12(15)14-8-2-1-3-9-14/h4-7H,1-3,8-9H2. The van der Waals surface area contributed by atoms with Crippen LogP contribution in [0.2, 0.25) is 5.02 Å². The molecule has 1 saturated heterocycles. The Morgan fingerprint density at radius 2 is 1.75 bits per heavy atom. The molecule has 2 nitrogen and oxygen atoms in total. The molecule has 0 aliphatic carbocycles. The van der Waals surface area contributed by atoms with Gasteiger partial charge in [-0.3, -0.25) is 4.79 Å². The van der Waals surface area contributed by atoms with Crippen LogP contribution in [0.1, 0.15) is 19.3 Å². The Kier molecular flexibility index (Phi) is 4.13. The molecule has 0 spiro atoms. The van der Waals surface area contributed by atoms with E-state index in [0.717, 1.165) is 30.8 Å². The van der Waals surface area contributed by atoms with Gasteiger partial charge in [0.05, 0.1) is 0 Å². The highest BCUT2D eigenvalue weighted by Crippen LogP contribution is 2.24. The van der Waals surface area contributed by atoms with Crippen molar-refractivity contribution in [3.05, 3.63) is 29.3 Å². The van der Waals surface area contributed by atoms with Crippen LogP contribution in [-0.2, 0) is 0 Å². The van der Waals surface area contributed by atoms with Crippen molar-refractivity contribution in [2.75, 3.05) is 13.1 Å². The third-order valence-corrected chi connectivity index (χ3v) is 3.83. The molecule has 1 fully saturated rings. The van der Waals surface area contributed by atoms with Crippen molar-refractivity contribution in [1.82, 2.24) is 4.90 Å². The summed E-state index contributed by atoms with van der Waals surface area (Å²) in [4.78, 5) is 14.8. The number of halogens is 1. The Hall–Kier alpha value is -0.670. The number of hydrogen-bond acceptors (Lipinski definition) is 2. The zero-order valence-electron chi connectivity index (χ0n) is 8.99. The summed E-state index contributed by atoms with van der Waals surface area (Å²) in [5.41, 5.74) is 0. The summed E-state index contributed by atoms with van der Waals surface area (Å²) in [5, 5.41) is 0.858. The Bertz CT molecular complexity index is 360.